The van der Waals surface area contributed by atoms with Crippen LogP contribution in [-0.2, 0) is 9.53 Å². The van der Waals surface area contributed by atoms with Gasteiger partial charge in [-0.15, -0.1) is 0 Å². The molecule has 1 aromatic carbocycles. The topological polar surface area (TPSA) is 55.8 Å². The summed E-state index contributed by atoms with van der Waals surface area (Å²) in [6.07, 6.45) is 0.182. The summed E-state index contributed by atoms with van der Waals surface area (Å²) in [6, 6.07) is 5.28. The smallest absolute Gasteiger partial charge is 0.307 e. The molecule has 0 fully saturated rings. The zero-order valence-electron chi connectivity index (χ0n) is 11.7. The molecule has 19 heavy (non-hydrogen) atoms. The number of hydrogen-bond acceptors (Lipinski definition) is 4. The molecule has 1 amide bonds. The molecule has 5 heteroatoms. The fourth-order valence-corrected chi connectivity index (χ4v) is 1.64. The Morgan fingerprint density at radius 2 is 1.95 bits per heavy atom. The van der Waals surface area contributed by atoms with Gasteiger partial charge in [-0.1, -0.05) is 6.07 Å². The number of carbonyl (C=O) groups excluding carboxylic acids is 2. The van der Waals surface area contributed by atoms with Gasteiger partial charge >= 0.3 is 5.97 Å². The Kier molecular flexibility index (Phi) is 5.36. The summed E-state index contributed by atoms with van der Waals surface area (Å²) in [5.41, 5.74) is 1.51. The summed E-state index contributed by atoms with van der Waals surface area (Å²) in [5, 5.41) is 0. The maximum atomic E-state index is 12.1. The standard InChI is InChI=1S/C14H19NO4/c1-10-5-6-11(9-12(10)18-3)14(17)15(2)8-7-13(16)19-4/h5-6,9H,7-8H2,1-4H3. The Hall–Kier alpha value is -2.04. The van der Waals surface area contributed by atoms with Crippen LogP contribution in [0.2, 0.25) is 0 Å². The summed E-state index contributed by atoms with van der Waals surface area (Å²) >= 11 is 0. The highest BCUT2D eigenvalue weighted by molar-refractivity contribution is 5.94. The molecule has 104 valence electrons. The van der Waals surface area contributed by atoms with Gasteiger partial charge in [-0.3, -0.25) is 9.59 Å². The quantitative estimate of drug-likeness (QED) is 0.759. The predicted molar refractivity (Wildman–Crippen MR) is 71.3 cm³/mol. The Bertz CT molecular complexity index is 471. The first-order valence-corrected chi connectivity index (χ1v) is 5.96. The summed E-state index contributed by atoms with van der Waals surface area (Å²) < 4.78 is 9.73. The van der Waals surface area contributed by atoms with Gasteiger partial charge in [0.25, 0.3) is 5.91 Å². The van der Waals surface area contributed by atoms with Gasteiger partial charge < -0.3 is 14.4 Å². The van der Waals surface area contributed by atoms with Crippen molar-refractivity contribution in [1.82, 2.24) is 4.90 Å². The molecule has 0 aromatic heterocycles. The lowest BCUT2D eigenvalue weighted by Crippen LogP contribution is -2.29. The van der Waals surface area contributed by atoms with Crippen LogP contribution in [0.5, 0.6) is 5.75 Å². The van der Waals surface area contributed by atoms with Crippen molar-refractivity contribution in [3.63, 3.8) is 0 Å². The molecule has 0 unspecified atom stereocenters. The Balaban J connectivity index is 2.74. The SMILES string of the molecule is COC(=O)CCN(C)C(=O)c1ccc(C)c(OC)c1. The molecule has 0 spiro atoms. The molecular weight excluding hydrogens is 246 g/mol. The predicted octanol–water partition coefficient (Wildman–Crippen LogP) is 1.64. The number of methoxy groups -OCH3 is 2. The highest BCUT2D eigenvalue weighted by Gasteiger charge is 2.14. The largest absolute Gasteiger partial charge is 0.496 e. The van der Waals surface area contributed by atoms with E-state index >= 15 is 0 Å². The first-order valence-electron chi connectivity index (χ1n) is 5.96. The fourth-order valence-electron chi connectivity index (χ4n) is 1.64. The van der Waals surface area contributed by atoms with E-state index in [9.17, 15) is 9.59 Å². The van der Waals surface area contributed by atoms with Crippen molar-refractivity contribution < 1.29 is 19.1 Å². The first-order chi connectivity index (χ1) is 8.99. The van der Waals surface area contributed by atoms with E-state index in [4.69, 9.17) is 4.74 Å². The molecule has 0 N–H and O–H groups in total. The molecule has 0 atom stereocenters. The van der Waals surface area contributed by atoms with Crippen molar-refractivity contribution in [1.29, 1.82) is 0 Å². The minimum atomic E-state index is -0.332. The maximum absolute atomic E-state index is 12.1. The second-order valence-corrected chi connectivity index (χ2v) is 4.24. The molecule has 5 nitrogen and oxygen atoms in total. The van der Waals surface area contributed by atoms with Crippen molar-refractivity contribution in [2.45, 2.75) is 13.3 Å². The lowest BCUT2D eigenvalue weighted by atomic mass is 10.1. The summed E-state index contributed by atoms with van der Waals surface area (Å²) in [4.78, 5) is 24.7. The van der Waals surface area contributed by atoms with Crippen LogP contribution < -0.4 is 4.74 Å². The van der Waals surface area contributed by atoms with Crippen LogP contribution in [0.25, 0.3) is 0 Å². The number of carbonyl (C=O) groups is 2. The molecule has 1 rings (SSSR count). The zero-order chi connectivity index (χ0) is 14.4. The molecule has 0 saturated heterocycles. The Labute approximate surface area is 113 Å². The van der Waals surface area contributed by atoms with E-state index in [1.807, 2.05) is 13.0 Å². The fraction of sp³-hybridized carbons (Fsp3) is 0.429. The average molecular weight is 265 g/mol. The van der Waals surface area contributed by atoms with Gasteiger partial charge in [0.05, 0.1) is 20.6 Å². The molecule has 0 aliphatic heterocycles. The summed E-state index contributed by atoms with van der Waals surface area (Å²) in [5.74, 6) is 0.190. The van der Waals surface area contributed by atoms with Crippen molar-refractivity contribution in [3.8, 4) is 5.75 Å². The lowest BCUT2D eigenvalue weighted by molar-refractivity contribution is -0.140. The Morgan fingerprint density at radius 3 is 2.53 bits per heavy atom. The number of rotatable bonds is 5. The van der Waals surface area contributed by atoms with Crippen LogP contribution >= 0.6 is 0 Å². The van der Waals surface area contributed by atoms with Gasteiger partial charge in [0.2, 0.25) is 0 Å². The van der Waals surface area contributed by atoms with Gasteiger partial charge in [-0.2, -0.15) is 0 Å². The molecule has 0 aliphatic rings. The molecule has 0 saturated carbocycles. The van der Waals surface area contributed by atoms with Crippen LogP contribution in [0, 0.1) is 6.92 Å². The van der Waals surface area contributed by atoms with E-state index in [1.54, 1.807) is 26.3 Å². The van der Waals surface area contributed by atoms with Gasteiger partial charge in [-0.05, 0) is 24.6 Å². The minimum absolute atomic E-state index is 0.151. The van der Waals surface area contributed by atoms with Crippen molar-refractivity contribution in [3.05, 3.63) is 29.3 Å². The second-order valence-electron chi connectivity index (χ2n) is 4.24. The third-order valence-electron chi connectivity index (χ3n) is 2.88. The van der Waals surface area contributed by atoms with E-state index in [0.29, 0.717) is 17.9 Å². The lowest BCUT2D eigenvalue weighted by Gasteiger charge is -2.17. The average Bonchev–Trinajstić information content (AvgIpc) is 2.43. The number of ether oxygens (including phenoxy) is 2. The number of amides is 1. The van der Waals surface area contributed by atoms with Crippen LogP contribution in [0.3, 0.4) is 0 Å². The number of nitrogens with zero attached hydrogens (tertiary/aromatic N) is 1. The van der Waals surface area contributed by atoms with E-state index in [0.717, 1.165) is 5.56 Å². The molecule has 0 heterocycles. The third kappa shape index (κ3) is 3.98. The minimum Gasteiger partial charge on any atom is -0.496 e. The van der Waals surface area contributed by atoms with Gasteiger partial charge in [-0.25, -0.2) is 0 Å². The molecule has 0 bridgehead atoms. The molecule has 0 radical (unpaired) electrons. The maximum Gasteiger partial charge on any atom is 0.307 e. The van der Waals surface area contributed by atoms with E-state index < -0.39 is 0 Å². The Morgan fingerprint density at radius 1 is 1.26 bits per heavy atom. The number of aryl methyl sites for hydroxylation is 1. The number of hydrogen-bond donors (Lipinski definition) is 0. The second kappa shape index (κ2) is 6.78. The van der Waals surface area contributed by atoms with Crippen LogP contribution in [0.1, 0.15) is 22.3 Å². The first kappa shape index (κ1) is 15.0. The highest BCUT2D eigenvalue weighted by atomic mass is 16.5. The molecule has 0 aliphatic carbocycles. The monoisotopic (exact) mass is 265 g/mol. The van der Waals surface area contributed by atoms with Gasteiger partial charge in [0, 0.05) is 19.2 Å². The van der Waals surface area contributed by atoms with Crippen LogP contribution in [-0.4, -0.2) is 44.6 Å². The zero-order valence-corrected chi connectivity index (χ0v) is 11.7. The van der Waals surface area contributed by atoms with E-state index in [2.05, 4.69) is 4.74 Å². The highest BCUT2D eigenvalue weighted by Crippen LogP contribution is 2.19. The number of benzene rings is 1. The molecule has 1 aromatic rings. The van der Waals surface area contributed by atoms with Crippen molar-refractivity contribution >= 4 is 11.9 Å². The number of esters is 1. The van der Waals surface area contributed by atoms with E-state index in [-0.39, 0.29) is 18.3 Å². The summed E-state index contributed by atoms with van der Waals surface area (Å²) in [6.45, 7) is 2.23. The molecular formula is C14H19NO4. The summed E-state index contributed by atoms with van der Waals surface area (Å²) in [7, 11) is 4.55. The van der Waals surface area contributed by atoms with Crippen LogP contribution in [0.4, 0.5) is 0 Å². The normalized spacial score (nSPS) is 9.89. The van der Waals surface area contributed by atoms with E-state index in [1.165, 1.54) is 12.0 Å². The third-order valence-corrected chi connectivity index (χ3v) is 2.88. The van der Waals surface area contributed by atoms with Crippen molar-refractivity contribution in [2.24, 2.45) is 0 Å². The van der Waals surface area contributed by atoms with Gasteiger partial charge in [0.15, 0.2) is 0 Å². The van der Waals surface area contributed by atoms with Crippen LogP contribution in [0.15, 0.2) is 18.2 Å². The van der Waals surface area contributed by atoms with Crippen molar-refractivity contribution in [2.75, 3.05) is 27.8 Å². The van der Waals surface area contributed by atoms with Gasteiger partial charge in [0.1, 0.15) is 5.75 Å².